The molecule has 0 saturated carbocycles. The maximum atomic E-state index is 10.7. The quantitative estimate of drug-likeness (QED) is 0.820. The Morgan fingerprint density at radius 2 is 1.80 bits per heavy atom. The zero-order chi connectivity index (χ0) is 13.5. The van der Waals surface area contributed by atoms with Crippen LogP contribution in [0.2, 0.25) is 0 Å². The number of aromatic carboxylic acids is 1. The van der Waals surface area contributed by atoms with E-state index in [4.69, 9.17) is 9.84 Å². The third-order valence-electron chi connectivity index (χ3n) is 3.44. The molecule has 0 spiro atoms. The van der Waals surface area contributed by atoms with E-state index < -0.39 is 5.97 Å². The molecular formula is C15H22ClNO3. The van der Waals surface area contributed by atoms with Crippen LogP contribution in [0.5, 0.6) is 5.75 Å². The minimum Gasteiger partial charge on any atom is -0.494 e. The fraction of sp³-hybridized carbons (Fsp3) is 0.533. The van der Waals surface area contributed by atoms with Gasteiger partial charge in [0.1, 0.15) is 5.75 Å². The van der Waals surface area contributed by atoms with E-state index in [1.807, 2.05) is 0 Å². The molecular weight excluding hydrogens is 278 g/mol. The number of carboxylic acid groups (broad SMARTS) is 1. The first kappa shape index (κ1) is 16.8. The van der Waals surface area contributed by atoms with Crippen molar-refractivity contribution in [3.8, 4) is 5.75 Å². The molecule has 0 aliphatic carbocycles. The van der Waals surface area contributed by atoms with Crippen molar-refractivity contribution in [3.05, 3.63) is 29.8 Å². The summed E-state index contributed by atoms with van der Waals surface area (Å²) in [5.41, 5.74) is 0.292. The Balaban J connectivity index is 0.00000200. The van der Waals surface area contributed by atoms with Gasteiger partial charge in [-0.15, -0.1) is 12.4 Å². The van der Waals surface area contributed by atoms with Crippen LogP contribution in [0.3, 0.4) is 0 Å². The van der Waals surface area contributed by atoms with Crippen molar-refractivity contribution < 1.29 is 14.6 Å². The van der Waals surface area contributed by atoms with Gasteiger partial charge in [-0.25, -0.2) is 4.79 Å². The van der Waals surface area contributed by atoms with Gasteiger partial charge < -0.3 is 14.7 Å². The van der Waals surface area contributed by atoms with E-state index in [2.05, 4.69) is 4.90 Å². The van der Waals surface area contributed by atoms with Crippen molar-refractivity contribution in [1.82, 2.24) is 4.90 Å². The van der Waals surface area contributed by atoms with E-state index in [0.29, 0.717) is 12.2 Å². The summed E-state index contributed by atoms with van der Waals surface area (Å²) in [4.78, 5) is 13.2. The topological polar surface area (TPSA) is 49.8 Å². The molecule has 0 radical (unpaired) electrons. The Hall–Kier alpha value is -1.26. The Morgan fingerprint density at radius 1 is 1.15 bits per heavy atom. The second-order valence-corrected chi connectivity index (χ2v) is 4.93. The third-order valence-corrected chi connectivity index (χ3v) is 3.44. The lowest BCUT2D eigenvalue weighted by Crippen LogP contribution is -2.31. The molecule has 1 heterocycles. The fourth-order valence-electron chi connectivity index (χ4n) is 2.35. The SMILES string of the molecule is Cl.O=C(O)c1ccc(OCCCN2CCCCC2)cc1. The fourth-order valence-corrected chi connectivity index (χ4v) is 2.35. The summed E-state index contributed by atoms with van der Waals surface area (Å²) in [6.45, 7) is 4.21. The van der Waals surface area contributed by atoms with Gasteiger partial charge in [0, 0.05) is 6.54 Å². The van der Waals surface area contributed by atoms with Crippen LogP contribution in [0.25, 0.3) is 0 Å². The highest BCUT2D eigenvalue weighted by atomic mass is 35.5. The molecule has 0 unspecified atom stereocenters. The molecule has 1 aromatic rings. The molecule has 1 saturated heterocycles. The molecule has 0 bridgehead atoms. The van der Waals surface area contributed by atoms with Gasteiger partial charge in [0.05, 0.1) is 12.2 Å². The van der Waals surface area contributed by atoms with Crippen molar-refractivity contribution in [3.63, 3.8) is 0 Å². The number of piperidine rings is 1. The van der Waals surface area contributed by atoms with Crippen LogP contribution in [0.4, 0.5) is 0 Å². The number of ether oxygens (including phenoxy) is 1. The maximum absolute atomic E-state index is 10.7. The van der Waals surface area contributed by atoms with Crippen LogP contribution in [0.15, 0.2) is 24.3 Å². The molecule has 0 amide bonds. The lowest BCUT2D eigenvalue weighted by molar-refractivity contribution is 0.0697. The number of benzene rings is 1. The molecule has 1 aliphatic rings. The minimum absolute atomic E-state index is 0. The number of hydrogen-bond acceptors (Lipinski definition) is 3. The van der Waals surface area contributed by atoms with Crippen LogP contribution in [-0.4, -0.2) is 42.2 Å². The molecule has 4 nitrogen and oxygen atoms in total. The summed E-state index contributed by atoms with van der Waals surface area (Å²) in [5.74, 6) is -0.166. The van der Waals surface area contributed by atoms with Gasteiger partial charge in [-0.1, -0.05) is 6.42 Å². The van der Waals surface area contributed by atoms with Crippen molar-refractivity contribution in [2.45, 2.75) is 25.7 Å². The first-order valence-corrected chi connectivity index (χ1v) is 6.94. The third kappa shape index (κ3) is 5.39. The second kappa shape index (κ2) is 8.82. The zero-order valence-electron chi connectivity index (χ0n) is 11.6. The second-order valence-electron chi connectivity index (χ2n) is 4.93. The molecule has 112 valence electrons. The summed E-state index contributed by atoms with van der Waals surface area (Å²) in [6.07, 6.45) is 5.01. The highest BCUT2D eigenvalue weighted by Gasteiger charge is 2.09. The molecule has 2 rings (SSSR count). The Labute approximate surface area is 126 Å². The van der Waals surface area contributed by atoms with Gasteiger partial charge >= 0.3 is 5.97 Å². The number of nitrogens with zero attached hydrogens (tertiary/aromatic N) is 1. The highest BCUT2D eigenvalue weighted by molar-refractivity contribution is 5.87. The summed E-state index contributed by atoms with van der Waals surface area (Å²) in [7, 11) is 0. The predicted molar refractivity (Wildman–Crippen MR) is 81.1 cm³/mol. The molecule has 1 fully saturated rings. The van der Waals surface area contributed by atoms with Crippen molar-refractivity contribution in [2.75, 3.05) is 26.2 Å². The number of carbonyl (C=O) groups is 1. The maximum Gasteiger partial charge on any atom is 0.335 e. The van der Waals surface area contributed by atoms with Gasteiger partial charge in [0.15, 0.2) is 0 Å². The molecule has 1 aliphatic heterocycles. The van der Waals surface area contributed by atoms with Crippen molar-refractivity contribution in [2.24, 2.45) is 0 Å². The predicted octanol–water partition coefficient (Wildman–Crippen LogP) is 3.06. The first-order chi connectivity index (χ1) is 9.25. The van der Waals surface area contributed by atoms with E-state index in [0.717, 1.165) is 18.7 Å². The monoisotopic (exact) mass is 299 g/mol. The molecule has 0 atom stereocenters. The lowest BCUT2D eigenvalue weighted by Gasteiger charge is -2.26. The summed E-state index contributed by atoms with van der Waals surface area (Å²) in [5, 5.41) is 8.79. The van der Waals surface area contributed by atoms with E-state index in [-0.39, 0.29) is 12.4 Å². The average molecular weight is 300 g/mol. The average Bonchev–Trinajstić information content (AvgIpc) is 2.45. The van der Waals surface area contributed by atoms with Crippen LogP contribution in [0, 0.1) is 0 Å². The molecule has 1 N–H and O–H groups in total. The highest BCUT2D eigenvalue weighted by Crippen LogP contribution is 2.13. The van der Waals surface area contributed by atoms with Gasteiger partial charge in [-0.2, -0.15) is 0 Å². The first-order valence-electron chi connectivity index (χ1n) is 6.94. The summed E-state index contributed by atoms with van der Waals surface area (Å²) < 4.78 is 5.61. The normalized spacial score (nSPS) is 15.4. The molecule has 5 heteroatoms. The number of likely N-dealkylation sites (tertiary alicyclic amines) is 1. The summed E-state index contributed by atoms with van der Waals surface area (Å²) >= 11 is 0. The summed E-state index contributed by atoms with van der Waals surface area (Å²) in [6, 6.07) is 6.57. The number of hydrogen-bond donors (Lipinski definition) is 1. The number of halogens is 1. The van der Waals surface area contributed by atoms with E-state index in [1.165, 1.54) is 32.4 Å². The van der Waals surface area contributed by atoms with E-state index in [9.17, 15) is 4.79 Å². The van der Waals surface area contributed by atoms with Crippen molar-refractivity contribution in [1.29, 1.82) is 0 Å². The molecule has 0 aromatic heterocycles. The van der Waals surface area contributed by atoms with E-state index >= 15 is 0 Å². The van der Waals surface area contributed by atoms with Gasteiger partial charge in [0.2, 0.25) is 0 Å². The smallest absolute Gasteiger partial charge is 0.335 e. The van der Waals surface area contributed by atoms with Gasteiger partial charge in [-0.3, -0.25) is 0 Å². The minimum atomic E-state index is -0.906. The Morgan fingerprint density at radius 3 is 2.40 bits per heavy atom. The molecule has 20 heavy (non-hydrogen) atoms. The van der Waals surface area contributed by atoms with Gasteiger partial charge in [0.25, 0.3) is 0 Å². The van der Waals surface area contributed by atoms with Crippen LogP contribution >= 0.6 is 12.4 Å². The largest absolute Gasteiger partial charge is 0.494 e. The standard InChI is InChI=1S/C15H21NO3.ClH/c17-15(18)13-5-7-14(8-6-13)19-12-4-11-16-9-2-1-3-10-16;/h5-8H,1-4,9-12H2,(H,17,18);1H. The van der Waals surface area contributed by atoms with E-state index in [1.54, 1.807) is 24.3 Å². The van der Waals surface area contributed by atoms with Gasteiger partial charge in [-0.05, 0) is 56.6 Å². The number of carboxylic acids is 1. The number of rotatable bonds is 6. The Bertz CT molecular complexity index is 402. The van der Waals surface area contributed by atoms with Crippen LogP contribution in [-0.2, 0) is 0 Å². The van der Waals surface area contributed by atoms with Crippen LogP contribution in [0.1, 0.15) is 36.0 Å². The molecule has 1 aromatic carbocycles. The Kier molecular flexibility index (Phi) is 7.41. The lowest BCUT2D eigenvalue weighted by atomic mass is 10.1. The van der Waals surface area contributed by atoms with Crippen molar-refractivity contribution >= 4 is 18.4 Å². The zero-order valence-corrected chi connectivity index (χ0v) is 12.4. The van der Waals surface area contributed by atoms with Crippen LogP contribution < -0.4 is 4.74 Å².